The van der Waals surface area contributed by atoms with Crippen LogP contribution in [-0.4, -0.2) is 23.3 Å². The molecular formula is C20H19FeNO+2. The van der Waals surface area contributed by atoms with Crippen LogP contribution in [0.5, 0.6) is 0 Å². The molecule has 10 radical (unpaired) electrons. The van der Waals surface area contributed by atoms with E-state index in [0.29, 0.717) is 0 Å². The van der Waals surface area contributed by atoms with Gasteiger partial charge >= 0.3 is 17.1 Å². The molecule has 2 atom stereocenters. The van der Waals surface area contributed by atoms with Crippen LogP contribution in [0.25, 0.3) is 0 Å². The predicted molar refractivity (Wildman–Crippen MR) is 87.6 cm³/mol. The third kappa shape index (κ3) is 5.74. The second kappa shape index (κ2) is 9.61. The molecule has 0 aromatic heterocycles. The Balaban J connectivity index is 0.000000276. The minimum Gasteiger partial charge on any atom is -0.297 e. The third-order valence-electron chi connectivity index (χ3n) is 3.75. The maximum Gasteiger partial charge on any atom is 2.00 e. The molecule has 0 N–H and O–H groups in total. The Morgan fingerprint density at radius 2 is 1.48 bits per heavy atom. The first-order valence-corrected chi connectivity index (χ1v) is 7.55. The second-order valence-corrected chi connectivity index (χ2v) is 5.43. The SMILES string of the molecule is O=C([C]1[CH][CH][CH][CH]1)C1CN1Cc1ccccc1.[CH]1[CH][CH][CH][CH]1.[Fe+2]. The topological polar surface area (TPSA) is 20.1 Å². The predicted octanol–water partition coefficient (Wildman–Crippen LogP) is 2.86. The van der Waals surface area contributed by atoms with Gasteiger partial charge < -0.3 is 0 Å². The first-order valence-electron chi connectivity index (χ1n) is 7.55. The summed E-state index contributed by atoms with van der Waals surface area (Å²) < 4.78 is 0. The summed E-state index contributed by atoms with van der Waals surface area (Å²) in [5.41, 5.74) is 1.27. The van der Waals surface area contributed by atoms with Crippen molar-refractivity contribution in [2.24, 2.45) is 0 Å². The summed E-state index contributed by atoms with van der Waals surface area (Å²) in [7, 11) is 0. The zero-order valence-electron chi connectivity index (χ0n) is 12.8. The molecule has 4 rings (SSSR count). The Kier molecular flexibility index (Phi) is 7.82. The van der Waals surface area contributed by atoms with Crippen LogP contribution in [0.2, 0.25) is 0 Å². The quantitative estimate of drug-likeness (QED) is 0.618. The maximum absolute atomic E-state index is 12.0. The van der Waals surface area contributed by atoms with Crippen LogP contribution in [-0.2, 0) is 28.4 Å². The van der Waals surface area contributed by atoms with Crippen molar-refractivity contribution >= 4 is 5.78 Å². The smallest absolute Gasteiger partial charge is 0.297 e. The monoisotopic (exact) mass is 345 g/mol. The molecule has 3 fully saturated rings. The van der Waals surface area contributed by atoms with Crippen molar-refractivity contribution in [1.29, 1.82) is 0 Å². The van der Waals surface area contributed by atoms with Gasteiger partial charge in [-0.05, 0) is 63.4 Å². The molecular weight excluding hydrogens is 326 g/mol. The number of benzene rings is 1. The van der Waals surface area contributed by atoms with Gasteiger partial charge in [0.05, 0.1) is 12.0 Å². The van der Waals surface area contributed by atoms with E-state index in [0.717, 1.165) is 19.0 Å². The summed E-state index contributed by atoms with van der Waals surface area (Å²) in [6.45, 7) is 1.76. The molecule has 0 spiro atoms. The van der Waals surface area contributed by atoms with Gasteiger partial charge in [0.1, 0.15) is 0 Å². The number of nitrogens with zero attached hydrogens (tertiary/aromatic N) is 1. The second-order valence-electron chi connectivity index (χ2n) is 5.43. The Labute approximate surface area is 151 Å². The van der Waals surface area contributed by atoms with E-state index in [4.69, 9.17) is 0 Å². The Hall–Kier alpha value is -0.631. The van der Waals surface area contributed by atoms with E-state index in [2.05, 4.69) is 17.0 Å². The molecule has 1 aromatic carbocycles. The average Bonchev–Trinajstić information content (AvgIpc) is 3.03. The third-order valence-corrected chi connectivity index (χ3v) is 3.75. The van der Waals surface area contributed by atoms with Crippen LogP contribution >= 0.6 is 0 Å². The van der Waals surface area contributed by atoms with Crippen molar-refractivity contribution in [1.82, 2.24) is 4.90 Å². The van der Waals surface area contributed by atoms with Crippen molar-refractivity contribution in [3.05, 3.63) is 99.6 Å². The first kappa shape index (κ1) is 18.7. The van der Waals surface area contributed by atoms with Crippen molar-refractivity contribution in [3.63, 3.8) is 0 Å². The number of Topliss-reactive ketones (excluding diaryl/α,β-unsaturated/α-hetero) is 1. The zero-order chi connectivity index (χ0) is 15.2. The number of hydrogen-bond donors (Lipinski definition) is 0. The van der Waals surface area contributed by atoms with Crippen LogP contribution in [0.4, 0.5) is 0 Å². The number of rotatable bonds is 4. The molecule has 3 heteroatoms. The summed E-state index contributed by atoms with van der Waals surface area (Å²) in [6.07, 6.45) is 17.6. The number of ketones is 1. The molecule has 0 bridgehead atoms. The molecule has 3 aliphatic rings. The Bertz CT molecular complexity index is 458. The fourth-order valence-corrected chi connectivity index (χ4v) is 2.47. The fourth-order valence-electron chi connectivity index (χ4n) is 2.47. The average molecular weight is 345 g/mol. The van der Waals surface area contributed by atoms with Gasteiger partial charge in [-0.1, -0.05) is 30.3 Å². The fraction of sp³-hybridized carbons (Fsp3) is 0.150. The molecule has 2 nitrogen and oxygen atoms in total. The van der Waals surface area contributed by atoms with Crippen molar-refractivity contribution in [3.8, 4) is 0 Å². The molecule has 23 heavy (non-hydrogen) atoms. The molecule has 1 saturated heterocycles. The summed E-state index contributed by atoms with van der Waals surface area (Å²) in [5.74, 6) is 1.09. The van der Waals surface area contributed by atoms with E-state index in [1.54, 1.807) is 0 Å². The van der Waals surface area contributed by atoms with Gasteiger partial charge in [-0.2, -0.15) is 0 Å². The van der Waals surface area contributed by atoms with Crippen LogP contribution in [0.3, 0.4) is 0 Å². The number of carbonyl (C=O) groups excluding carboxylic acids is 1. The van der Waals surface area contributed by atoms with Crippen LogP contribution in [0.15, 0.2) is 30.3 Å². The van der Waals surface area contributed by atoms with Gasteiger partial charge in [0.2, 0.25) is 0 Å². The van der Waals surface area contributed by atoms with E-state index in [9.17, 15) is 4.79 Å². The standard InChI is InChI=1S/C15H14NO.C5H5.Fe/c17-15(13-8-4-5-9-13)14-11-16(14)10-12-6-2-1-3-7-12;1-2-4-5-3-1;/h1-9,14H,10-11H2;1-5H;/q;;+2. The van der Waals surface area contributed by atoms with E-state index < -0.39 is 0 Å². The largest absolute Gasteiger partial charge is 2.00 e. The summed E-state index contributed by atoms with van der Waals surface area (Å²) in [5, 5.41) is 0. The molecule has 1 heterocycles. The summed E-state index contributed by atoms with van der Waals surface area (Å²) in [6, 6.07) is 10.4. The van der Waals surface area contributed by atoms with E-state index >= 15 is 0 Å². The van der Waals surface area contributed by atoms with Crippen LogP contribution in [0.1, 0.15) is 5.56 Å². The van der Waals surface area contributed by atoms with Crippen molar-refractivity contribution < 1.29 is 21.9 Å². The molecule has 116 valence electrons. The minimum absolute atomic E-state index is 0. The van der Waals surface area contributed by atoms with Gasteiger partial charge in [-0.3, -0.25) is 9.69 Å². The minimum atomic E-state index is 0. The van der Waals surface area contributed by atoms with Crippen molar-refractivity contribution in [2.45, 2.75) is 12.6 Å². The van der Waals surface area contributed by atoms with Crippen LogP contribution in [0, 0.1) is 63.7 Å². The number of carbonyl (C=O) groups is 1. The molecule has 0 amide bonds. The van der Waals surface area contributed by atoms with Crippen molar-refractivity contribution in [2.75, 3.05) is 6.54 Å². The zero-order valence-corrected chi connectivity index (χ0v) is 13.9. The Morgan fingerprint density at radius 1 is 0.913 bits per heavy atom. The number of hydrogen-bond acceptors (Lipinski definition) is 2. The molecule has 2 aliphatic carbocycles. The van der Waals surface area contributed by atoms with E-state index in [1.165, 1.54) is 5.56 Å². The summed E-state index contributed by atoms with van der Waals surface area (Å²) in [4.78, 5) is 14.2. The molecule has 2 unspecified atom stereocenters. The van der Waals surface area contributed by atoms with Gasteiger partial charge in [0.25, 0.3) is 0 Å². The first-order chi connectivity index (χ1) is 10.8. The van der Waals surface area contributed by atoms with Gasteiger partial charge in [0.15, 0.2) is 5.78 Å². The van der Waals surface area contributed by atoms with Gasteiger partial charge in [0, 0.05) is 13.1 Å². The van der Waals surface area contributed by atoms with E-state index in [1.807, 2.05) is 76.0 Å². The van der Waals surface area contributed by atoms with Crippen LogP contribution < -0.4 is 0 Å². The van der Waals surface area contributed by atoms with E-state index in [-0.39, 0.29) is 28.9 Å². The van der Waals surface area contributed by atoms with Gasteiger partial charge in [-0.25, -0.2) is 0 Å². The molecule has 2 saturated carbocycles. The normalized spacial score (nSPS) is 26.1. The molecule has 1 aromatic rings. The molecule has 1 aliphatic heterocycles. The Morgan fingerprint density at radius 3 is 2.04 bits per heavy atom. The summed E-state index contributed by atoms with van der Waals surface area (Å²) >= 11 is 0. The maximum atomic E-state index is 12.0. The van der Waals surface area contributed by atoms with Gasteiger partial charge in [-0.15, -0.1) is 0 Å².